The van der Waals surface area contributed by atoms with Crippen LogP contribution in [0, 0.1) is 11.6 Å². The lowest BCUT2D eigenvalue weighted by Gasteiger charge is -2.20. The van der Waals surface area contributed by atoms with Crippen molar-refractivity contribution in [1.82, 2.24) is 19.1 Å². The van der Waals surface area contributed by atoms with Gasteiger partial charge in [-0.25, -0.2) is 8.78 Å². The molecule has 0 atom stereocenters. The number of rotatable bonds is 5. The number of hydrogen-bond acceptors (Lipinski definition) is 4. The first-order chi connectivity index (χ1) is 16.7. The topological polar surface area (TPSA) is 88.7 Å². The lowest BCUT2D eigenvalue weighted by molar-refractivity contribution is -0.116. The van der Waals surface area contributed by atoms with Crippen LogP contribution in [0.15, 0.2) is 59.4 Å². The molecular weight excluding hydrogens is 456 g/mol. The summed E-state index contributed by atoms with van der Waals surface area (Å²) in [6.07, 6.45) is 0. The van der Waals surface area contributed by atoms with Gasteiger partial charge in [0.05, 0.1) is 23.5 Å². The Bertz CT molecular complexity index is 1540. The Hall–Kier alpha value is -4.34. The molecule has 1 aliphatic rings. The van der Waals surface area contributed by atoms with Gasteiger partial charge in [-0.2, -0.15) is 9.61 Å². The monoisotopic (exact) mass is 477 g/mol. The highest BCUT2D eigenvalue weighted by Gasteiger charge is 2.36. The van der Waals surface area contributed by atoms with E-state index in [1.807, 2.05) is 44.2 Å². The van der Waals surface area contributed by atoms with Crippen molar-refractivity contribution in [2.45, 2.75) is 33.0 Å². The molecule has 2 aromatic carbocycles. The molecule has 1 N–H and O–H groups in total. The first-order valence-corrected chi connectivity index (χ1v) is 11.0. The number of carbonyl (C=O) groups excluding carboxylic acids is 2. The summed E-state index contributed by atoms with van der Waals surface area (Å²) < 4.78 is 29.9. The third-order valence-electron chi connectivity index (χ3n) is 5.97. The van der Waals surface area contributed by atoms with Crippen LogP contribution in [0.5, 0.6) is 0 Å². The molecule has 8 nitrogen and oxygen atoms in total. The van der Waals surface area contributed by atoms with Crippen molar-refractivity contribution in [3.63, 3.8) is 0 Å². The zero-order chi connectivity index (χ0) is 24.9. The SMILES string of the molecule is CC(C)N1Cc2c(n(CC(=O)Nc3ccc(F)cc3F)c3cc(-c4ccccc4)nn3c2=O)C1=O. The largest absolute Gasteiger partial charge is 0.330 e. The van der Waals surface area contributed by atoms with E-state index in [0.717, 1.165) is 17.7 Å². The third kappa shape index (κ3) is 3.86. The van der Waals surface area contributed by atoms with Gasteiger partial charge in [0.25, 0.3) is 11.5 Å². The number of nitrogens with one attached hydrogen (secondary N) is 1. The first-order valence-electron chi connectivity index (χ1n) is 11.0. The van der Waals surface area contributed by atoms with Crippen LogP contribution < -0.4 is 10.9 Å². The van der Waals surface area contributed by atoms with Gasteiger partial charge in [-0.1, -0.05) is 30.3 Å². The van der Waals surface area contributed by atoms with Crippen molar-refractivity contribution < 1.29 is 18.4 Å². The molecule has 35 heavy (non-hydrogen) atoms. The predicted molar refractivity (Wildman–Crippen MR) is 125 cm³/mol. The maximum Gasteiger partial charge on any atom is 0.280 e. The molecule has 0 spiro atoms. The van der Waals surface area contributed by atoms with Gasteiger partial charge in [0.15, 0.2) is 0 Å². The standard InChI is InChI=1S/C25H21F2N5O3/c1-14(2)30-12-17-23(25(30)35)31(13-21(33)28-19-9-8-16(26)10-18(19)27)22-11-20(29-32(22)24(17)34)15-6-4-3-5-7-15/h3-11,14H,12-13H2,1-2H3,(H,28,33). The Balaban J connectivity index is 1.63. The summed E-state index contributed by atoms with van der Waals surface area (Å²) in [4.78, 5) is 41.0. The molecule has 1 aliphatic heterocycles. The summed E-state index contributed by atoms with van der Waals surface area (Å²) in [6, 6.07) is 13.5. The fourth-order valence-electron chi connectivity index (χ4n) is 4.24. The van der Waals surface area contributed by atoms with E-state index >= 15 is 0 Å². The van der Waals surface area contributed by atoms with Crippen LogP contribution in [0.3, 0.4) is 0 Å². The van der Waals surface area contributed by atoms with E-state index in [1.165, 1.54) is 14.0 Å². The summed E-state index contributed by atoms with van der Waals surface area (Å²) >= 11 is 0. The van der Waals surface area contributed by atoms with E-state index in [9.17, 15) is 23.2 Å². The van der Waals surface area contributed by atoms with Crippen LogP contribution in [0.25, 0.3) is 16.9 Å². The molecule has 0 radical (unpaired) electrons. The van der Waals surface area contributed by atoms with Gasteiger partial charge in [0, 0.05) is 23.7 Å². The van der Waals surface area contributed by atoms with E-state index in [1.54, 1.807) is 6.07 Å². The van der Waals surface area contributed by atoms with Crippen molar-refractivity contribution in [1.29, 1.82) is 0 Å². The Labute approximate surface area is 198 Å². The number of amides is 2. The highest BCUT2D eigenvalue weighted by atomic mass is 19.1. The average molecular weight is 477 g/mol. The van der Waals surface area contributed by atoms with E-state index in [-0.39, 0.29) is 47.6 Å². The highest BCUT2D eigenvalue weighted by molar-refractivity contribution is 5.99. The van der Waals surface area contributed by atoms with Gasteiger partial charge in [-0.15, -0.1) is 0 Å². The minimum absolute atomic E-state index is 0.0926. The lowest BCUT2D eigenvalue weighted by Crippen LogP contribution is -2.32. The smallest absolute Gasteiger partial charge is 0.280 e. The van der Waals surface area contributed by atoms with E-state index in [4.69, 9.17) is 0 Å². The Kier molecular flexibility index (Phi) is 5.43. The Morgan fingerprint density at radius 1 is 1.09 bits per heavy atom. The van der Waals surface area contributed by atoms with Gasteiger partial charge in [0.1, 0.15) is 29.5 Å². The van der Waals surface area contributed by atoms with Gasteiger partial charge in [0.2, 0.25) is 5.91 Å². The molecule has 4 aromatic rings. The Morgan fingerprint density at radius 3 is 2.51 bits per heavy atom. The lowest BCUT2D eigenvalue weighted by atomic mass is 10.1. The van der Waals surface area contributed by atoms with E-state index in [2.05, 4.69) is 10.4 Å². The molecule has 10 heteroatoms. The normalized spacial score (nSPS) is 13.1. The van der Waals surface area contributed by atoms with Gasteiger partial charge in [-0.05, 0) is 26.0 Å². The highest BCUT2D eigenvalue weighted by Crippen LogP contribution is 2.26. The number of nitrogens with zero attached hydrogens (tertiary/aromatic N) is 4. The molecule has 178 valence electrons. The third-order valence-corrected chi connectivity index (χ3v) is 5.97. The van der Waals surface area contributed by atoms with Crippen molar-refractivity contribution in [3.8, 4) is 11.3 Å². The number of hydrogen-bond donors (Lipinski definition) is 1. The second kappa shape index (κ2) is 8.46. The van der Waals surface area contributed by atoms with E-state index < -0.39 is 23.1 Å². The number of anilines is 1. The summed E-state index contributed by atoms with van der Waals surface area (Å²) in [5, 5.41) is 6.86. The van der Waals surface area contributed by atoms with Crippen molar-refractivity contribution in [2.75, 3.05) is 5.32 Å². The van der Waals surface area contributed by atoms with E-state index in [0.29, 0.717) is 11.8 Å². The molecule has 0 saturated heterocycles. The second-order valence-corrected chi connectivity index (χ2v) is 8.58. The van der Waals surface area contributed by atoms with Gasteiger partial charge in [-0.3, -0.25) is 14.4 Å². The van der Waals surface area contributed by atoms with Gasteiger partial charge < -0.3 is 14.8 Å². The second-order valence-electron chi connectivity index (χ2n) is 8.58. The summed E-state index contributed by atoms with van der Waals surface area (Å²) in [6.45, 7) is 3.37. The maximum absolute atomic E-state index is 14.1. The van der Waals surface area contributed by atoms with Crippen LogP contribution >= 0.6 is 0 Å². The van der Waals surface area contributed by atoms with Crippen molar-refractivity contribution in [2.24, 2.45) is 0 Å². The predicted octanol–water partition coefficient (Wildman–Crippen LogP) is 3.44. The summed E-state index contributed by atoms with van der Waals surface area (Å²) in [5.74, 6) is -2.72. The molecule has 2 aromatic heterocycles. The maximum atomic E-state index is 14.1. The van der Waals surface area contributed by atoms with Crippen LogP contribution in [0.4, 0.5) is 14.5 Å². The number of fused-ring (bicyclic) bond motifs is 2. The first kappa shape index (κ1) is 22.5. The molecular formula is C25H21F2N5O3. The molecule has 2 amide bonds. The zero-order valence-corrected chi connectivity index (χ0v) is 19.0. The van der Waals surface area contributed by atoms with Crippen molar-refractivity contribution >= 4 is 23.1 Å². The molecule has 0 aliphatic carbocycles. The number of halogens is 2. The number of aromatic nitrogens is 3. The molecule has 0 unspecified atom stereocenters. The Morgan fingerprint density at radius 2 is 1.83 bits per heavy atom. The molecule has 0 fully saturated rings. The van der Waals surface area contributed by atoms with Gasteiger partial charge >= 0.3 is 0 Å². The fraction of sp³-hybridized carbons (Fsp3) is 0.200. The minimum atomic E-state index is -0.925. The van der Waals surface area contributed by atoms with Crippen LogP contribution in [-0.4, -0.2) is 36.9 Å². The minimum Gasteiger partial charge on any atom is -0.330 e. The van der Waals surface area contributed by atoms with Crippen LogP contribution in [0.1, 0.15) is 29.9 Å². The fourth-order valence-corrected chi connectivity index (χ4v) is 4.24. The zero-order valence-electron chi connectivity index (χ0n) is 19.0. The number of carbonyl (C=O) groups is 2. The summed E-state index contributed by atoms with van der Waals surface area (Å²) in [7, 11) is 0. The van der Waals surface area contributed by atoms with Crippen LogP contribution in [-0.2, 0) is 17.9 Å². The quantitative estimate of drug-likeness (QED) is 0.477. The average Bonchev–Trinajstić information content (AvgIpc) is 3.42. The summed E-state index contributed by atoms with van der Waals surface area (Å²) in [5.41, 5.74) is 1.22. The molecule has 0 saturated carbocycles. The molecule has 5 rings (SSSR count). The van der Waals surface area contributed by atoms with Crippen LogP contribution in [0.2, 0.25) is 0 Å². The molecule has 0 bridgehead atoms. The molecule has 3 heterocycles. The number of benzene rings is 2. The van der Waals surface area contributed by atoms with Crippen molar-refractivity contribution in [3.05, 3.63) is 87.8 Å².